The molecular weight excluding hydrogens is 633 g/mol. The number of aliphatic hydroxyl groups excluding tert-OH is 1. The predicted molar refractivity (Wildman–Crippen MR) is 207 cm³/mol. The molecule has 0 aromatic heterocycles. The third-order valence-electron chi connectivity index (χ3n) is 8.93. The lowest BCUT2D eigenvalue weighted by Crippen LogP contribution is -2.42. The van der Waals surface area contributed by atoms with Crippen LogP contribution in [-0.4, -0.2) is 36.1 Å². The minimum absolute atomic E-state index is 0.132. The van der Waals surface area contributed by atoms with Crippen molar-refractivity contribution in [3.05, 3.63) is 144 Å². The van der Waals surface area contributed by atoms with Crippen molar-refractivity contribution in [3.63, 3.8) is 0 Å². The van der Waals surface area contributed by atoms with Gasteiger partial charge in [-0.3, -0.25) is 0 Å². The maximum absolute atomic E-state index is 12.0. The number of hydrogen-bond donors (Lipinski definition) is 1. The highest BCUT2D eigenvalue weighted by Gasteiger charge is 2.32. The van der Waals surface area contributed by atoms with E-state index in [0.717, 1.165) is 35.1 Å². The first-order valence-electron chi connectivity index (χ1n) is 19.0. The highest BCUT2D eigenvalue weighted by atomic mass is 16.5. The summed E-state index contributed by atoms with van der Waals surface area (Å²) in [7, 11) is 0. The van der Waals surface area contributed by atoms with E-state index in [1.807, 2.05) is 97.1 Å². The SMILES string of the molecule is CCCCCCCCC[C@H](C[C@@H](O)[C@@H](OCc1ccccc1)[C@H](C#CCCOCc1ccccc1)OCc1ccccc1)OCc1ccccc1. The summed E-state index contributed by atoms with van der Waals surface area (Å²) < 4.78 is 25.5. The summed E-state index contributed by atoms with van der Waals surface area (Å²) >= 11 is 0. The van der Waals surface area contributed by atoms with Crippen molar-refractivity contribution in [1.29, 1.82) is 0 Å². The molecule has 1 N–H and O–H groups in total. The summed E-state index contributed by atoms with van der Waals surface area (Å²) in [5.41, 5.74) is 4.32. The fraction of sp³-hybridized carbons (Fsp3) is 0.435. The molecule has 0 spiro atoms. The van der Waals surface area contributed by atoms with Gasteiger partial charge in [-0.25, -0.2) is 0 Å². The Kier molecular flexibility index (Phi) is 19.8. The Bertz CT molecular complexity index is 1470. The zero-order chi connectivity index (χ0) is 35.6. The van der Waals surface area contributed by atoms with E-state index in [0.29, 0.717) is 45.9 Å². The molecule has 4 aromatic rings. The van der Waals surface area contributed by atoms with Crippen molar-refractivity contribution < 1.29 is 24.1 Å². The molecule has 0 aliphatic carbocycles. The lowest BCUT2D eigenvalue weighted by atomic mass is 9.97. The van der Waals surface area contributed by atoms with Crippen LogP contribution in [0.4, 0.5) is 0 Å². The van der Waals surface area contributed by atoms with E-state index in [2.05, 4.69) is 43.0 Å². The molecule has 0 saturated heterocycles. The van der Waals surface area contributed by atoms with E-state index < -0.39 is 18.3 Å². The maximum atomic E-state index is 12.0. The lowest BCUT2D eigenvalue weighted by Gasteiger charge is -2.31. The average Bonchev–Trinajstić information content (AvgIpc) is 3.18. The fourth-order valence-electron chi connectivity index (χ4n) is 6.00. The summed E-state index contributed by atoms with van der Waals surface area (Å²) in [6.45, 7) is 4.49. The Balaban J connectivity index is 1.47. The van der Waals surface area contributed by atoms with Gasteiger partial charge in [0.15, 0.2) is 0 Å². The molecule has 272 valence electrons. The Hall–Kier alpha value is -3.76. The van der Waals surface area contributed by atoms with E-state index in [-0.39, 0.29) is 6.10 Å². The van der Waals surface area contributed by atoms with Crippen LogP contribution in [0.5, 0.6) is 0 Å². The van der Waals surface area contributed by atoms with E-state index in [4.69, 9.17) is 18.9 Å². The lowest BCUT2D eigenvalue weighted by molar-refractivity contribution is -0.126. The average molecular weight is 691 g/mol. The van der Waals surface area contributed by atoms with Gasteiger partial charge in [0.2, 0.25) is 0 Å². The van der Waals surface area contributed by atoms with Crippen molar-refractivity contribution in [2.75, 3.05) is 6.61 Å². The number of hydrogen-bond acceptors (Lipinski definition) is 5. The summed E-state index contributed by atoms with van der Waals surface area (Å²) in [6, 6.07) is 40.5. The second-order valence-electron chi connectivity index (χ2n) is 13.2. The third kappa shape index (κ3) is 16.9. The van der Waals surface area contributed by atoms with Gasteiger partial charge in [0, 0.05) is 12.8 Å². The number of unbranched alkanes of at least 4 members (excludes halogenated alkanes) is 6. The minimum Gasteiger partial charge on any atom is -0.390 e. The Morgan fingerprint density at radius 2 is 1.02 bits per heavy atom. The third-order valence-corrected chi connectivity index (χ3v) is 8.93. The van der Waals surface area contributed by atoms with E-state index >= 15 is 0 Å². The molecule has 0 aliphatic rings. The Labute approximate surface area is 307 Å². The van der Waals surface area contributed by atoms with Crippen molar-refractivity contribution in [3.8, 4) is 11.8 Å². The van der Waals surface area contributed by atoms with Crippen LogP contribution in [0.3, 0.4) is 0 Å². The summed E-state index contributed by atoms with van der Waals surface area (Å²) in [4.78, 5) is 0. The second kappa shape index (κ2) is 25.2. The number of aliphatic hydroxyl groups is 1. The van der Waals surface area contributed by atoms with Gasteiger partial charge in [0.05, 0.1) is 45.2 Å². The monoisotopic (exact) mass is 690 g/mol. The summed E-state index contributed by atoms with van der Waals surface area (Å²) in [5.74, 6) is 6.62. The minimum atomic E-state index is -0.858. The number of ether oxygens (including phenoxy) is 4. The molecule has 5 nitrogen and oxygen atoms in total. The van der Waals surface area contributed by atoms with Gasteiger partial charge in [-0.2, -0.15) is 0 Å². The van der Waals surface area contributed by atoms with Crippen LogP contribution in [0, 0.1) is 11.8 Å². The molecule has 4 rings (SSSR count). The highest BCUT2D eigenvalue weighted by Crippen LogP contribution is 2.22. The molecule has 0 fully saturated rings. The van der Waals surface area contributed by atoms with Crippen LogP contribution >= 0.6 is 0 Å². The van der Waals surface area contributed by atoms with Crippen molar-refractivity contribution in [2.24, 2.45) is 0 Å². The van der Waals surface area contributed by atoms with Crippen LogP contribution < -0.4 is 0 Å². The molecule has 0 amide bonds. The van der Waals surface area contributed by atoms with Crippen LogP contribution in [0.2, 0.25) is 0 Å². The second-order valence-corrected chi connectivity index (χ2v) is 13.2. The largest absolute Gasteiger partial charge is 0.390 e. The Morgan fingerprint density at radius 1 is 0.549 bits per heavy atom. The fourth-order valence-corrected chi connectivity index (χ4v) is 6.00. The van der Waals surface area contributed by atoms with Gasteiger partial charge < -0.3 is 24.1 Å². The summed E-state index contributed by atoms with van der Waals surface area (Å²) in [6.07, 6.45) is 8.09. The first-order valence-corrected chi connectivity index (χ1v) is 19.0. The summed E-state index contributed by atoms with van der Waals surface area (Å²) in [5, 5.41) is 12.0. The topological polar surface area (TPSA) is 57.2 Å². The quantitative estimate of drug-likeness (QED) is 0.0554. The molecule has 0 heterocycles. The number of benzene rings is 4. The first-order chi connectivity index (χ1) is 25.2. The molecule has 0 aliphatic heterocycles. The molecule has 0 radical (unpaired) electrons. The zero-order valence-electron chi connectivity index (χ0n) is 30.5. The van der Waals surface area contributed by atoms with Crippen molar-refractivity contribution in [2.45, 2.75) is 122 Å². The molecule has 4 atom stereocenters. The molecule has 5 heteroatoms. The molecule has 0 saturated carbocycles. The first kappa shape index (κ1) is 40.0. The molecule has 0 bridgehead atoms. The van der Waals surface area contributed by atoms with Crippen LogP contribution in [0.1, 0.15) is 93.4 Å². The van der Waals surface area contributed by atoms with Crippen LogP contribution in [-0.2, 0) is 45.4 Å². The molecule has 0 unspecified atom stereocenters. The zero-order valence-corrected chi connectivity index (χ0v) is 30.5. The van der Waals surface area contributed by atoms with E-state index in [1.54, 1.807) is 0 Å². The molecule has 4 aromatic carbocycles. The number of rotatable bonds is 25. The van der Waals surface area contributed by atoms with Crippen molar-refractivity contribution in [1.82, 2.24) is 0 Å². The van der Waals surface area contributed by atoms with E-state index in [1.165, 1.54) is 38.5 Å². The van der Waals surface area contributed by atoms with E-state index in [9.17, 15) is 5.11 Å². The van der Waals surface area contributed by atoms with Gasteiger partial charge >= 0.3 is 0 Å². The smallest absolute Gasteiger partial charge is 0.147 e. The van der Waals surface area contributed by atoms with Gasteiger partial charge in [0.1, 0.15) is 12.2 Å². The molecular formula is C46H58O5. The van der Waals surface area contributed by atoms with Crippen molar-refractivity contribution >= 4 is 0 Å². The van der Waals surface area contributed by atoms with Gasteiger partial charge in [0.25, 0.3) is 0 Å². The normalized spacial score (nSPS) is 13.5. The predicted octanol–water partition coefficient (Wildman–Crippen LogP) is 10.2. The van der Waals surface area contributed by atoms with Gasteiger partial charge in [-0.05, 0) is 28.7 Å². The standard InChI is InChI=1S/C46H58O5/c1-2-3-4-5-6-7-20-31-43(49-36-40-25-14-9-15-26-40)34-44(47)46(51-38-42-29-18-11-19-30-42)45(50-37-41-27-16-10-17-28-41)32-21-22-33-48-35-39-23-12-8-13-24-39/h8-19,23-30,43-47H,2-7,20,22,31,33-38H2,1H3/t43-,44-,45+,46-/m1/s1. The van der Waals surface area contributed by atoms with Gasteiger partial charge in [-0.1, -0.05) is 185 Å². The highest BCUT2D eigenvalue weighted by molar-refractivity contribution is 5.17. The Morgan fingerprint density at radius 3 is 1.57 bits per heavy atom. The van der Waals surface area contributed by atoms with Crippen LogP contribution in [0.15, 0.2) is 121 Å². The van der Waals surface area contributed by atoms with Gasteiger partial charge in [-0.15, -0.1) is 0 Å². The van der Waals surface area contributed by atoms with Crippen LogP contribution in [0.25, 0.3) is 0 Å². The maximum Gasteiger partial charge on any atom is 0.147 e. The molecule has 51 heavy (non-hydrogen) atoms.